The molecule has 1 N–H and O–H groups in total. The highest BCUT2D eigenvalue weighted by Gasteiger charge is 2.17. The topological polar surface area (TPSA) is 80.1 Å². The fourth-order valence-electron chi connectivity index (χ4n) is 3.40. The number of amides is 1. The Morgan fingerprint density at radius 2 is 1.82 bits per heavy atom. The maximum Gasteiger partial charge on any atom is 0.273 e. The summed E-state index contributed by atoms with van der Waals surface area (Å²) in [5, 5.41) is 2.86. The van der Waals surface area contributed by atoms with Crippen molar-refractivity contribution < 1.29 is 18.7 Å². The first kappa shape index (κ1) is 24.3. The first-order valence-corrected chi connectivity index (χ1v) is 10.8. The van der Waals surface area contributed by atoms with Crippen LogP contribution in [0, 0.1) is 0 Å². The smallest absolute Gasteiger partial charge is 0.273 e. The molecule has 3 aromatic rings. The second kappa shape index (κ2) is 12.0. The zero-order valence-corrected chi connectivity index (χ0v) is 19.7. The Balaban J connectivity index is 1.74. The Morgan fingerprint density at radius 3 is 2.52 bits per heavy atom. The molecule has 0 fully saturated rings. The molecule has 0 saturated carbocycles. The second-order valence-corrected chi connectivity index (χ2v) is 7.99. The van der Waals surface area contributed by atoms with E-state index in [0.29, 0.717) is 32.1 Å². The van der Waals surface area contributed by atoms with Crippen LogP contribution in [0.3, 0.4) is 0 Å². The van der Waals surface area contributed by atoms with E-state index in [1.807, 2.05) is 55.4 Å². The number of carbonyl (C=O) groups is 1. The molecule has 8 nitrogen and oxygen atoms in total. The van der Waals surface area contributed by atoms with Gasteiger partial charge in [0.1, 0.15) is 17.8 Å². The average Bonchev–Trinajstić information content (AvgIpc) is 3.28. The van der Waals surface area contributed by atoms with E-state index in [1.54, 1.807) is 14.2 Å². The van der Waals surface area contributed by atoms with E-state index >= 15 is 0 Å². The molecule has 0 spiro atoms. The molecular weight excluding hydrogens is 420 g/mol. The van der Waals surface area contributed by atoms with Crippen molar-refractivity contribution in [2.45, 2.75) is 19.6 Å². The number of nitrogens with zero attached hydrogens (tertiary/aromatic N) is 3. The lowest BCUT2D eigenvalue weighted by molar-refractivity contribution is 0.0946. The first-order valence-electron chi connectivity index (χ1n) is 10.8. The number of aromatic nitrogens is 1. The lowest BCUT2D eigenvalue weighted by Gasteiger charge is -2.22. The van der Waals surface area contributed by atoms with E-state index in [-0.39, 0.29) is 11.6 Å². The van der Waals surface area contributed by atoms with Crippen molar-refractivity contribution in [3.05, 3.63) is 77.5 Å². The number of carbonyl (C=O) groups excluding carboxylic acids is 1. The number of likely N-dealkylation sites (N-methyl/N-ethyl adjacent to an activating group) is 1. The van der Waals surface area contributed by atoms with Crippen LogP contribution in [0.1, 0.15) is 27.5 Å². The molecule has 33 heavy (non-hydrogen) atoms. The molecule has 2 aromatic carbocycles. The van der Waals surface area contributed by atoms with Gasteiger partial charge in [-0.05, 0) is 25.7 Å². The zero-order valence-electron chi connectivity index (χ0n) is 19.7. The summed E-state index contributed by atoms with van der Waals surface area (Å²) in [4.78, 5) is 21.0. The SMILES string of the molecule is COc1ccc(CN(Cc2ccccc2)Cc2nc(C(=O)NCCN(C)C)co2)c(OC)c1. The largest absolute Gasteiger partial charge is 0.497 e. The van der Waals surface area contributed by atoms with E-state index in [4.69, 9.17) is 13.9 Å². The minimum absolute atomic E-state index is 0.238. The molecular formula is C25H32N4O4. The Bertz CT molecular complexity index is 1020. The summed E-state index contributed by atoms with van der Waals surface area (Å²) in [6.45, 7) is 3.03. The van der Waals surface area contributed by atoms with Crippen LogP contribution in [-0.4, -0.2) is 62.1 Å². The molecule has 8 heteroatoms. The standard InChI is InChI=1S/C25H32N4O4/c1-28(2)13-12-26-25(30)22-18-33-24(27-22)17-29(15-19-8-6-5-7-9-19)16-20-10-11-21(31-3)14-23(20)32-4/h5-11,14,18H,12-13,15-17H2,1-4H3,(H,26,30). The molecule has 1 aromatic heterocycles. The first-order chi connectivity index (χ1) is 16.0. The minimum Gasteiger partial charge on any atom is -0.497 e. The minimum atomic E-state index is -0.238. The van der Waals surface area contributed by atoms with Gasteiger partial charge >= 0.3 is 0 Å². The summed E-state index contributed by atoms with van der Waals surface area (Å²) in [7, 11) is 7.20. The third kappa shape index (κ3) is 7.34. The number of benzene rings is 2. The Kier molecular flexibility index (Phi) is 8.86. The molecule has 176 valence electrons. The maximum absolute atomic E-state index is 12.4. The average molecular weight is 453 g/mol. The molecule has 0 atom stereocenters. The van der Waals surface area contributed by atoms with Gasteiger partial charge in [0, 0.05) is 37.8 Å². The maximum atomic E-state index is 12.4. The van der Waals surface area contributed by atoms with Crippen LogP contribution in [-0.2, 0) is 19.6 Å². The van der Waals surface area contributed by atoms with Gasteiger partial charge in [0.05, 0.1) is 20.8 Å². The molecule has 0 aliphatic carbocycles. The highest BCUT2D eigenvalue weighted by atomic mass is 16.5. The van der Waals surface area contributed by atoms with Crippen molar-refractivity contribution in [1.82, 2.24) is 20.1 Å². The van der Waals surface area contributed by atoms with Gasteiger partial charge in [-0.15, -0.1) is 0 Å². The lowest BCUT2D eigenvalue weighted by atomic mass is 10.1. The van der Waals surface area contributed by atoms with Crippen LogP contribution in [0.15, 0.2) is 59.2 Å². The van der Waals surface area contributed by atoms with Gasteiger partial charge in [0.25, 0.3) is 5.91 Å². The van der Waals surface area contributed by atoms with Crippen molar-refractivity contribution >= 4 is 5.91 Å². The molecule has 0 aliphatic heterocycles. The summed E-state index contributed by atoms with van der Waals surface area (Å²) >= 11 is 0. The van der Waals surface area contributed by atoms with E-state index in [1.165, 1.54) is 6.26 Å². The summed E-state index contributed by atoms with van der Waals surface area (Å²) in [5.41, 5.74) is 2.46. The van der Waals surface area contributed by atoms with Crippen molar-refractivity contribution in [3.8, 4) is 11.5 Å². The van der Waals surface area contributed by atoms with E-state index in [2.05, 4.69) is 27.3 Å². The molecule has 1 amide bonds. The van der Waals surface area contributed by atoms with Crippen molar-refractivity contribution in [1.29, 1.82) is 0 Å². The van der Waals surface area contributed by atoms with Crippen LogP contribution in [0.25, 0.3) is 0 Å². The molecule has 1 heterocycles. The molecule has 3 rings (SSSR count). The highest BCUT2D eigenvalue weighted by molar-refractivity contribution is 5.91. The van der Waals surface area contributed by atoms with Crippen LogP contribution < -0.4 is 14.8 Å². The van der Waals surface area contributed by atoms with Crippen molar-refractivity contribution in [2.75, 3.05) is 41.4 Å². The number of nitrogens with one attached hydrogen (secondary N) is 1. The van der Waals surface area contributed by atoms with Gasteiger partial charge < -0.3 is 24.1 Å². The predicted molar refractivity (Wildman–Crippen MR) is 126 cm³/mol. The van der Waals surface area contributed by atoms with Crippen molar-refractivity contribution in [3.63, 3.8) is 0 Å². The second-order valence-electron chi connectivity index (χ2n) is 7.99. The number of ether oxygens (including phenoxy) is 2. The molecule has 0 radical (unpaired) electrons. The number of hydrogen-bond donors (Lipinski definition) is 1. The molecule has 0 aliphatic rings. The van der Waals surface area contributed by atoms with Gasteiger partial charge in [-0.2, -0.15) is 0 Å². The Morgan fingerprint density at radius 1 is 1.03 bits per heavy atom. The van der Waals surface area contributed by atoms with E-state index < -0.39 is 0 Å². The monoisotopic (exact) mass is 452 g/mol. The number of methoxy groups -OCH3 is 2. The molecule has 0 saturated heterocycles. The number of rotatable bonds is 12. The van der Waals surface area contributed by atoms with Gasteiger partial charge in [0.2, 0.25) is 5.89 Å². The molecule has 0 unspecified atom stereocenters. The third-order valence-corrected chi connectivity index (χ3v) is 5.13. The fraction of sp³-hybridized carbons (Fsp3) is 0.360. The van der Waals surface area contributed by atoms with Gasteiger partial charge in [-0.25, -0.2) is 4.98 Å². The normalized spacial score (nSPS) is 11.1. The summed E-state index contributed by atoms with van der Waals surface area (Å²) in [5.74, 6) is 1.73. The van der Waals surface area contributed by atoms with Gasteiger partial charge in [0.15, 0.2) is 5.69 Å². The summed E-state index contributed by atoms with van der Waals surface area (Å²) in [6, 6.07) is 16.0. The third-order valence-electron chi connectivity index (χ3n) is 5.13. The Hall–Kier alpha value is -3.36. The van der Waals surface area contributed by atoms with E-state index in [9.17, 15) is 4.79 Å². The van der Waals surface area contributed by atoms with Crippen LogP contribution in [0.5, 0.6) is 11.5 Å². The van der Waals surface area contributed by atoms with Crippen LogP contribution >= 0.6 is 0 Å². The highest BCUT2D eigenvalue weighted by Crippen LogP contribution is 2.27. The summed E-state index contributed by atoms with van der Waals surface area (Å²) < 4.78 is 16.5. The van der Waals surface area contributed by atoms with Crippen molar-refractivity contribution in [2.24, 2.45) is 0 Å². The Labute approximate surface area is 195 Å². The fourth-order valence-corrected chi connectivity index (χ4v) is 3.40. The zero-order chi connectivity index (χ0) is 23.6. The van der Waals surface area contributed by atoms with E-state index in [0.717, 1.165) is 29.2 Å². The predicted octanol–water partition coefficient (Wildman–Crippen LogP) is 3.19. The quantitative estimate of drug-likeness (QED) is 0.452. The molecule has 0 bridgehead atoms. The number of hydrogen-bond acceptors (Lipinski definition) is 7. The van der Waals surface area contributed by atoms with Gasteiger partial charge in [-0.3, -0.25) is 9.69 Å². The number of oxazole rings is 1. The van der Waals surface area contributed by atoms with Gasteiger partial charge in [-0.1, -0.05) is 36.4 Å². The summed E-state index contributed by atoms with van der Waals surface area (Å²) in [6.07, 6.45) is 1.41. The van der Waals surface area contributed by atoms with Crippen LogP contribution in [0.2, 0.25) is 0 Å². The lowest BCUT2D eigenvalue weighted by Crippen LogP contribution is -2.31. The van der Waals surface area contributed by atoms with Crippen LogP contribution in [0.4, 0.5) is 0 Å².